The molecule has 140 valence electrons. The SMILES string of the molecule is Cc1ccc(C(=O)COC(=O)COc2ccccc2[N+](=O)[O-])cc1[N+](=O)[O-]. The van der Waals surface area contributed by atoms with Gasteiger partial charge in [0.05, 0.1) is 9.85 Å². The van der Waals surface area contributed by atoms with Gasteiger partial charge in [-0.3, -0.25) is 25.0 Å². The normalized spacial score (nSPS) is 10.1. The zero-order valence-corrected chi connectivity index (χ0v) is 14.1. The van der Waals surface area contributed by atoms with Gasteiger partial charge in [0, 0.05) is 23.3 Å². The summed E-state index contributed by atoms with van der Waals surface area (Å²) in [4.78, 5) is 44.2. The zero-order valence-electron chi connectivity index (χ0n) is 14.1. The molecule has 2 aromatic carbocycles. The third-order valence-electron chi connectivity index (χ3n) is 3.50. The second-order valence-corrected chi connectivity index (χ2v) is 5.36. The van der Waals surface area contributed by atoms with Crippen LogP contribution in [-0.2, 0) is 9.53 Å². The molecule has 0 saturated heterocycles. The van der Waals surface area contributed by atoms with Crippen LogP contribution in [0.15, 0.2) is 42.5 Å². The van der Waals surface area contributed by atoms with Crippen LogP contribution in [-0.4, -0.2) is 34.8 Å². The molecule has 0 saturated carbocycles. The number of nitro benzene ring substituents is 2. The topological polar surface area (TPSA) is 139 Å². The van der Waals surface area contributed by atoms with Crippen LogP contribution in [0, 0.1) is 27.2 Å². The highest BCUT2D eigenvalue weighted by Crippen LogP contribution is 2.25. The first kappa shape index (κ1) is 19.5. The number of para-hydroxylation sites is 2. The van der Waals surface area contributed by atoms with Gasteiger partial charge in [0.2, 0.25) is 5.78 Å². The highest BCUT2D eigenvalue weighted by molar-refractivity contribution is 5.98. The van der Waals surface area contributed by atoms with Gasteiger partial charge in [-0.1, -0.05) is 24.3 Å². The summed E-state index contributed by atoms with van der Waals surface area (Å²) >= 11 is 0. The molecule has 0 unspecified atom stereocenters. The number of carbonyl (C=O) groups excluding carboxylic acids is 2. The van der Waals surface area contributed by atoms with Crippen molar-refractivity contribution in [3.05, 3.63) is 73.8 Å². The van der Waals surface area contributed by atoms with E-state index in [1.807, 2.05) is 0 Å². The molecule has 0 aliphatic carbocycles. The van der Waals surface area contributed by atoms with Crippen molar-refractivity contribution >= 4 is 23.1 Å². The summed E-state index contributed by atoms with van der Waals surface area (Å²) in [7, 11) is 0. The summed E-state index contributed by atoms with van der Waals surface area (Å²) in [5, 5.41) is 21.8. The Morgan fingerprint density at radius 2 is 1.63 bits per heavy atom. The van der Waals surface area contributed by atoms with Gasteiger partial charge in [-0.25, -0.2) is 4.79 Å². The van der Waals surface area contributed by atoms with E-state index in [9.17, 15) is 29.8 Å². The molecule has 0 amide bonds. The largest absolute Gasteiger partial charge is 0.475 e. The summed E-state index contributed by atoms with van der Waals surface area (Å²) in [6.07, 6.45) is 0. The molecule has 0 spiro atoms. The molecule has 27 heavy (non-hydrogen) atoms. The second-order valence-electron chi connectivity index (χ2n) is 5.36. The standard InChI is InChI=1S/C17H14N2O8/c1-11-6-7-12(8-14(11)19(24)25)15(20)9-27-17(21)10-26-16-5-3-2-4-13(16)18(22)23/h2-8H,9-10H2,1H3. The van der Waals surface area contributed by atoms with Crippen molar-refractivity contribution in [2.45, 2.75) is 6.92 Å². The van der Waals surface area contributed by atoms with E-state index in [1.54, 1.807) is 0 Å². The predicted octanol–water partition coefficient (Wildman–Crippen LogP) is 2.62. The number of benzene rings is 2. The first-order valence-corrected chi connectivity index (χ1v) is 7.59. The molecule has 2 aromatic rings. The summed E-state index contributed by atoms with van der Waals surface area (Å²) in [6.45, 7) is 0.262. The van der Waals surface area contributed by atoms with Gasteiger partial charge in [-0.15, -0.1) is 0 Å². The van der Waals surface area contributed by atoms with Crippen molar-refractivity contribution in [3.63, 3.8) is 0 Å². The molecule has 10 nitrogen and oxygen atoms in total. The minimum absolute atomic E-state index is 0.0275. The van der Waals surface area contributed by atoms with Crippen molar-refractivity contribution in [3.8, 4) is 5.75 Å². The Balaban J connectivity index is 1.92. The predicted molar refractivity (Wildman–Crippen MR) is 91.7 cm³/mol. The minimum atomic E-state index is -0.914. The molecular formula is C17H14N2O8. The maximum Gasteiger partial charge on any atom is 0.344 e. The van der Waals surface area contributed by atoms with Crippen LogP contribution in [0.25, 0.3) is 0 Å². The molecule has 0 heterocycles. The molecule has 0 aliphatic rings. The van der Waals surface area contributed by atoms with Crippen LogP contribution in [0.4, 0.5) is 11.4 Å². The van der Waals surface area contributed by atoms with E-state index < -0.39 is 34.8 Å². The Morgan fingerprint density at radius 3 is 2.30 bits per heavy atom. The maximum absolute atomic E-state index is 12.0. The van der Waals surface area contributed by atoms with Crippen molar-refractivity contribution in [2.75, 3.05) is 13.2 Å². The molecule has 0 fully saturated rings. The van der Waals surface area contributed by atoms with E-state index >= 15 is 0 Å². The second kappa shape index (κ2) is 8.52. The molecule has 10 heteroatoms. The highest BCUT2D eigenvalue weighted by Gasteiger charge is 2.18. The summed E-state index contributed by atoms with van der Waals surface area (Å²) in [6, 6.07) is 9.41. The average molecular weight is 374 g/mol. The number of Topliss-reactive ketones (excluding diaryl/α,β-unsaturated/α-hetero) is 1. The zero-order chi connectivity index (χ0) is 20.0. The van der Waals surface area contributed by atoms with Crippen LogP contribution in [0.1, 0.15) is 15.9 Å². The van der Waals surface area contributed by atoms with Crippen LogP contribution < -0.4 is 4.74 Å². The number of aryl methyl sites for hydroxylation is 1. The number of nitro groups is 2. The molecule has 2 rings (SSSR count). The molecule has 0 bridgehead atoms. The molecule has 0 aliphatic heterocycles. The van der Waals surface area contributed by atoms with E-state index in [2.05, 4.69) is 0 Å². The minimum Gasteiger partial charge on any atom is -0.475 e. The van der Waals surface area contributed by atoms with E-state index in [0.717, 1.165) is 6.07 Å². The lowest BCUT2D eigenvalue weighted by Crippen LogP contribution is -2.19. The van der Waals surface area contributed by atoms with Crippen molar-refractivity contribution in [1.29, 1.82) is 0 Å². The van der Waals surface area contributed by atoms with Gasteiger partial charge in [-0.2, -0.15) is 0 Å². The fraction of sp³-hybridized carbons (Fsp3) is 0.176. The number of ketones is 1. The van der Waals surface area contributed by atoms with Crippen molar-refractivity contribution in [1.82, 2.24) is 0 Å². The Morgan fingerprint density at radius 1 is 0.963 bits per heavy atom. The third-order valence-corrected chi connectivity index (χ3v) is 3.50. The number of hydrogen-bond acceptors (Lipinski definition) is 8. The van der Waals surface area contributed by atoms with Gasteiger partial charge < -0.3 is 9.47 Å². The molecule has 0 radical (unpaired) electrons. The molecule has 0 aromatic heterocycles. The molecule has 0 atom stereocenters. The summed E-state index contributed by atoms with van der Waals surface area (Å²) in [5.74, 6) is -1.65. The first-order valence-electron chi connectivity index (χ1n) is 7.59. The number of ether oxygens (including phenoxy) is 2. The Hall–Kier alpha value is -3.82. The van der Waals surface area contributed by atoms with Crippen LogP contribution in [0.5, 0.6) is 5.75 Å². The van der Waals surface area contributed by atoms with Crippen LogP contribution in [0.3, 0.4) is 0 Å². The molecule has 0 N–H and O–H groups in total. The van der Waals surface area contributed by atoms with Gasteiger partial charge in [0.15, 0.2) is 19.0 Å². The van der Waals surface area contributed by atoms with E-state index in [1.165, 1.54) is 43.3 Å². The monoisotopic (exact) mass is 374 g/mol. The van der Waals surface area contributed by atoms with Gasteiger partial charge in [-0.05, 0) is 13.0 Å². The Bertz CT molecular complexity index is 910. The van der Waals surface area contributed by atoms with E-state index in [0.29, 0.717) is 5.56 Å². The van der Waals surface area contributed by atoms with E-state index in [-0.39, 0.29) is 22.7 Å². The third kappa shape index (κ3) is 5.08. The molecular weight excluding hydrogens is 360 g/mol. The van der Waals surface area contributed by atoms with E-state index in [4.69, 9.17) is 9.47 Å². The average Bonchev–Trinajstić information content (AvgIpc) is 2.64. The smallest absolute Gasteiger partial charge is 0.344 e. The summed E-state index contributed by atoms with van der Waals surface area (Å²) in [5.41, 5.74) is -0.105. The lowest BCUT2D eigenvalue weighted by molar-refractivity contribution is -0.385. The fourth-order valence-electron chi connectivity index (χ4n) is 2.12. The number of rotatable bonds is 8. The lowest BCUT2D eigenvalue weighted by Gasteiger charge is -2.07. The van der Waals surface area contributed by atoms with Gasteiger partial charge in [0.25, 0.3) is 5.69 Å². The Kier molecular flexibility index (Phi) is 6.15. The van der Waals surface area contributed by atoms with Crippen molar-refractivity contribution < 1.29 is 28.9 Å². The highest BCUT2D eigenvalue weighted by atomic mass is 16.6. The van der Waals surface area contributed by atoms with Crippen molar-refractivity contribution in [2.24, 2.45) is 0 Å². The van der Waals surface area contributed by atoms with Gasteiger partial charge in [0.1, 0.15) is 0 Å². The number of esters is 1. The van der Waals surface area contributed by atoms with Gasteiger partial charge >= 0.3 is 11.7 Å². The summed E-state index contributed by atoms with van der Waals surface area (Å²) < 4.78 is 9.81. The van der Waals surface area contributed by atoms with Crippen LogP contribution in [0.2, 0.25) is 0 Å². The first-order chi connectivity index (χ1) is 12.8. The van der Waals surface area contributed by atoms with Crippen LogP contribution >= 0.6 is 0 Å². The number of carbonyl (C=O) groups is 2. The number of nitrogens with zero attached hydrogens (tertiary/aromatic N) is 2. The lowest BCUT2D eigenvalue weighted by atomic mass is 10.1. The quantitative estimate of drug-likeness (QED) is 0.297. The maximum atomic E-state index is 12.0. The fourth-order valence-corrected chi connectivity index (χ4v) is 2.12. The number of hydrogen-bond donors (Lipinski definition) is 0. The Labute approximate surface area is 152 Å².